The highest BCUT2D eigenvalue weighted by atomic mass is 15.1. The Morgan fingerprint density at radius 1 is 1.12 bits per heavy atom. The van der Waals surface area contributed by atoms with E-state index in [1.807, 2.05) is 25.1 Å². The Balaban J connectivity index is 2.03. The molecule has 0 saturated carbocycles. The van der Waals surface area contributed by atoms with E-state index in [0.717, 1.165) is 22.0 Å². The molecule has 0 fully saturated rings. The first-order valence-electron chi connectivity index (χ1n) is 7.45. The van der Waals surface area contributed by atoms with E-state index >= 15 is 0 Å². The molecule has 0 atom stereocenters. The molecule has 3 N–H and O–H groups in total. The Kier molecular flexibility index (Phi) is 3.32. The number of aromatic amines is 1. The molecule has 120 valence electrons. The van der Waals surface area contributed by atoms with Gasteiger partial charge >= 0.3 is 0 Å². The molecule has 0 amide bonds. The van der Waals surface area contributed by atoms with Crippen LogP contribution in [0.3, 0.4) is 0 Å². The number of fused-ring (bicyclic) bond motifs is 1. The third-order valence-corrected chi connectivity index (χ3v) is 3.85. The van der Waals surface area contributed by atoms with E-state index in [0.29, 0.717) is 17.1 Å². The predicted octanol–water partition coefficient (Wildman–Crippen LogP) is 2.24. The Bertz CT molecular complexity index is 1120. The van der Waals surface area contributed by atoms with E-state index in [1.54, 1.807) is 24.8 Å². The van der Waals surface area contributed by atoms with Crippen LogP contribution >= 0.6 is 0 Å². The number of hydrogen-bond donors (Lipinski definition) is 2. The van der Waals surface area contributed by atoms with Gasteiger partial charge in [-0.05, 0) is 24.6 Å². The minimum absolute atomic E-state index is 0.0630. The summed E-state index contributed by atoms with van der Waals surface area (Å²) in [5, 5.41) is 17.2. The molecule has 0 bridgehead atoms. The number of hydrogen-bond acceptors (Lipinski definition) is 7. The summed E-state index contributed by atoms with van der Waals surface area (Å²) < 4.78 is 0. The zero-order valence-electron chi connectivity index (χ0n) is 13.2. The first-order chi connectivity index (χ1) is 12.2. The lowest BCUT2D eigenvalue weighted by molar-refractivity contribution is 1.11. The Morgan fingerprint density at radius 2 is 2.00 bits per heavy atom. The molecule has 0 aliphatic carbocycles. The maximum atomic E-state index is 9.27. The summed E-state index contributed by atoms with van der Waals surface area (Å²) in [4.78, 5) is 17.1. The number of H-pyrrole nitrogens is 1. The van der Waals surface area contributed by atoms with E-state index in [4.69, 9.17) is 5.73 Å². The molecule has 3 heterocycles. The second-order valence-corrected chi connectivity index (χ2v) is 5.48. The van der Waals surface area contributed by atoms with Crippen molar-refractivity contribution >= 4 is 16.7 Å². The van der Waals surface area contributed by atoms with Crippen molar-refractivity contribution in [2.45, 2.75) is 6.92 Å². The third kappa shape index (κ3) is 2.44. The number of aryl methyl sites for hydroxylation is 1. The molecule has 0 radical (unpaired) electrons. The molecule has 4 aromatic rings. The second kappa shape index (κ2) is 5.65. The van der Waals surface area contributed by atoms with Gasteiger partial charge in [-0.15, -0.1) is 0 Å². The lowest BCUT2D eigenvalue weighted by Gasteiger charge is -2.10. The molecular weight excluding hydrogens is 316 g/mol. The first-order valence-corrected chi connectivity index (χ1v) is 7.45. The summed E-state index contributed by atoms with van der Waals surface area (Å²) in [5.74, 6) is 0.0630. The van der Waals surface area contributed by atoms with Crippen molar-refractivity contribution in [3.05, 3.63) is 48.2 Å². The van der Waals surface area contributed by atoms with Crippen LogP contribution in [-0.4, -0.2) is 30.1 Å². The molecule has 1 aromatic carbocycles. The van der Waals surface area contributed by atoms with Crippen molar-refractivity contribution in [1.82, 2.24) is 30.1 Å². The van der Waals surface area contributed by atoms with Crippen LogP contribution in [0.15, 0.2) is 36.9 Å². The molecule has 8 heteroatoms. The van der Waals surface area contributed by atoms with Crippen LogP contribution in [0.1, 0.15) is 11.3 Å². The van der Waals surface area contributed by atoms with Crippen LogP contribution in [-0.2, 0) is 0 Å². The molecule has 4 rings (SSSR count). The van der Waals surface area contributed by atoms with Crippen molar-refractivity contribution in [2.24, 2.45) is 0 Å². The highest BCUT2D eigenvalue weighted by Crippen LogP contribution is 2.32. The number of anilines is 1. The lowest BCUT2D eigenvalue weighted by atomic mass is 10.0. The van der Waals surface area contributed by atoms with Gasteiger partial charge in [0, 0.05) is 23.3 Å². The summed E-state index contributed by atoms with van der Waals surface area (Å²) in [5.41, 5.74) is 10.2. The number of nitrogens with one attached hydrogen (secondary N) is 1. The SMILES string of the molecule is Cc1cc(-c2nc(C#N)c(N)nc2-c2cnccn2)cc2cn[nH]c12. The molecule has 0 saturated heterocycles. The topological polar surface area (TPSA) is 130 Å². The van der Waals surface area contributed by atoms with Gasteiger partial charge in [-0.3, -0.25) is 15.1 Å². The maximum Gasteiger partial charge on any atom is 0.183 e. The second-order valence-electron chi connectivity index (χ2n) is 5.48. The minimum atomic E-state index is 0.0630. The largest absolute Gasteiger partial charge is 0.381 e. The summed E-state index contributed by atoms with van der Waals surface area (Å²) >= 11 is 0. The van der Waals surface area contributed by atoms with Gasteiger partial charge in [0.05, 0.1) is 23.6 Å². The minimum Gasteiger partial charge on any atom is -0.381 e. The highest BCUT2D eigenvalue weighted by Gasteiger charge is 2.17. The molecule has 0 aliphatic heterocycles. The van der Waals surface area contributed by atoms with Gasteiger partial charge in [0.2, 0.25) is 0 Å². The quantitative estimate of drug-likeness (QED) is 0.577. The zero-order chi connectivity index (χ0) is 17.4. The summed E-state index contributed by atoms with van der Waals surface area (Å²) in [6.07, 6.45) is 6.47. The van der Waals surface area contributed by atoms with E-state index in [-0.39, 0.29) is 11.5 Å². The van der Waals surface area contributed by atoms with Crippen LogP contribution in [0.2, 0.25) is 0 Å². The number of rotatable bonds is 2. The van der Waals surface area contributed by atoms with Gasteiger partial charge in [0.15, 0.2) is 11.5 Å². The van der Waals surface area contributed by atoms with Crippen molar-refractivity contribution < 1.29 is 0 Å². The fraction of sp³-hybridized carbons (Fsp3) is 0.0588. The van der Waals surface area contributed by atoms with Crippen molar-refractivity contribution in [1.29, 1.82) is 5.26 Å². The van der Waals surface area contributed by atoms with Crippen molar-refractivity contribution in [3.63, 3.8) is 0 Å². The van der Waals surface area contributed by atoms with Gasteiger partial charge in [-0.2, -0.15) is 10.4 Å². The number of nitrogens with two attached hydrogens (primary N) is 1. The van der Waals surface area contributed by atoms with Gasteiger partial charge in [-0.1, -0.05) is 0 Å². The predicted molar refractivity (Wildman–Crippen MR) is 92.0 cm³/mol. The number of nitriles is 1. The molecule has 25 heavy (non-hydrogen) atoms. The van der Waals surface area contributed by atoms with Crippen molar-refractivity contribution in [3.8, 4) is 28.7 Å². The van der Waals surface area contributed by atoms with E-state index in [9.17, 15) is 5.26 Å². The molecule has 3 aromatic heterocycles. The van der Waals surface area contributed by atoms with Crippen molar-refractivity contribution in [2.75, 3.05) is 5.73 Å². The Labute approximate surface area is 142 Å². The fourth-order valence-corrected chi connectivity index (χ4v) is 2.70. The monoisotopic (exact) mass is 328 g/mol. The summed E-state index contributed by atoms with van der Waals surface area (Å²) in [6.45, 7) is 1.97. The van der Waals surface area contributed by atoms with E-state index < -0.39 is 0 Å². The Hall–Kier alpha value is -3.86. The van der Waals surface area contributed by atoms with Crippen LogP contribution in [0.5, 0.6) is 0 Å². The molecular formula is C17H12N8. The van der Waals surface area contributed by atoms with Crippen LogP contribution < -0.4 is 5.73 Å². The fourth-order valence-electron chi connectivity index (χ4n) is 2.70. The summed E-state index contributed by atoms with van der Waals surface area (Å²) in [6, 6.07) is 5.88. The lowest BCUT2D eigenvalue weighted by Crippen LogP contribution is -2.04. The van der Waals surface area contributed by atoms with E-state index in [1.165, 1.54) is 0 Å². The van der Waals surface area contributed by atoms with Gasteiger partial charge in [-0.25, -0.2) is 9.97 Å². The standard InChI is InChI=1S/C17H12N8/c1-9-4-10(5-11-7-22-25-14(9)11)15-16(13-8-20-2-3-21-13)24-17(19)12(6-18)23-15/h2-5,7-8H,1H3,(H2,19,24)(H,22,25). The van der Waals surface area contributed by atoms with Crippen LogP contribution in [0, 0.1) is 18.3 Å². The van der Waals surface area contributed by atoms with E-state index in [2.05, 4.69) is 30.1 Å². The smallest absolute Gasteiger partial charge is 0.183 e. The van der Waals surface area contributed by atoms with Crippen LogP contribution in [0.25, 0.3) is 33.5 Å². The normalized spacial score (nSPS) is 10.7. The first kappa shape index (κ1) is 14.7. The van der Waals surface area contributed by atoms with Crippen LogP contribution in [0.4, 0.5) is 5.82 Å². The summed E-state index contributed by atoms with van der Waals surface area (Å²) in [7, 11) is 0. The molecule has 0 unspecified atom stereocenters. The van der Waals surface area contributed by atoms with Gasteiger partial charge in [0.25, 0.3) is 0 Å². The molecule has 0 spiro atoms. The average Bonchev–Trinajstić information content (AvgIpc) is 3.11. The number of aromatic nitrogens is 6. The Morgan fingerprint density at radius 3 is 2.76 bits per heavy atom. The average molecular weight is 328 g/mol. The molecule has 0 aliphatic rings. The highest BCUT2D eigenvalue weighted by molar-refractivity contribution is 5.89. The number of benzene rings is 1. The number of nitrogen functional groups attached to an aromatic ring is 1. The zero-order valence-corrected chi connectivity index (χ0v) is 13.2. The third-order valence-electron chi connectivity index (χ3n) is 3.85. The molecule has 8 nitrogen and oxygen atoms in total. The number of nitrogens with zero attached hydrogens (tertiary/aromatic N) is 6. The maximum absolute atomic E-state index is 9.27. The van der Waals surface area contributed by atoms with Gasteiger partial charge < -0.3 is 5.73 Å². The van der Waals surface area contributed by atoms with Gasteiger partial charge in [0.1, 0.15) is 17.5 Å².